The number of nitrogens with zero attached hydrogens (tertiary/aromatic N) is 1. The van der Waals surface area contributed by atoms with Crippen molar-refractivity contribution in [3.05, 3.63) is 63.7 Å². The Morgan fingerprint density at radius 3 is 2.55 bits per heavy atom. The first kappa shape index (κ1) is 15.4. The maximum atomic E-state index is 11.0. The molecule has 0 heterocycles. The molecule has 2 rings (SSSR count). The lowest BCUT2D eigenvalue weighted by atomic mass is 10.1. The standard InChI is InChI=1S/C16H13NO5/c18-9-1-2-12-3-8-16(17(20)21)13(10-12)11-22-15-6-4-14(19)5-7-15/h3-8,10,18-19H,9,11H2. The number of nitro groups is 1. The van der Waals surface area contributed by atoms with Gasteiger partial charge >= 0.3 is 0 Å². The summed E-state index contributed by atoms with van der Waals surface area (Å²) in [6.07, 6.45) is 0. The molecular formula is C16H13NO5. The predicted molar refractivity (Wildman–Crippen MR) is 79.5 cm³/mol. The van der Waals surface area contributed by atoms with Crippen molar-refractivity contribution in [2.24, 2.45) is 0 Å². The third kappa shape index (κ3) is 3.98. The molecule has 0 unspecified atom stereocenters. The molecule has 6 nitrogen and oxygen atoms in total. The van der Waals surface area contributed by atoms with Gasteiger partial charge in [-0.3, -0.25) is 10.1 Å². The van der Waals surface area contributed by atoms with E-state index in [4.69, 9.17) is 9.84 Å². The van der Waals surface area contributed by atoms with Gasteiger partial charge in [0.2, 0.25) is 0 Å². The molecule has 0 aliphatic heterocycles. The maximum Gasteiger partial charge on any atom is 0.276 e. The fourth-order valence-electron chi connectivity index (χ4n) is 1.80. The number of rotatable bonds is 4. The molecule has 0 radical (unpaired) electrons. The van der Waals surface area contributed by atoms with Crippen LogP contribution >= 0.6 is 0 Å². The Balaban J connectivity index is 2.22. The van der Waals surface area contributed by atoms with Gasteiger partial charge in [-0.15, -0.1) is 0 Å². The summed E-state index contributed by atoms with van der Waals surface area (Å²) in [5.74, 6) is 5.78. The van der Waals surface area contributed by atoms with E-state index in [9.17, 15) is 15.2 Å². The van der Waals surface area contributed by atoms with E-state index in [1.165, 1.54) is 24.3 Å². The molecule has 0 fully saturated rings. The molecule has 0 aliphatic carbocycles. The quantitative estimate of drug-likeness (QED) is 0.513. The lowest BCUT2D eigenvalue weighted by Gasteiger charge is -2.07. The summed E-state index contributed by atoms with van der Waals surface area (Å²) in [7, 11) is 0. The summed E-state index contributed by atoms with van der Waals surface area (Å²) in [5.41, 5.74) is 0.875. The molecule has 0 saturated carbocycles. The van der Waals surface area contributed by atoms with Crippen LogP contribution in [0.3, 0.4) is 0 Å². The van der Waals surface area contributed by atoms with Crippen molar-refractivity contribution in [1.82, 2.24) is 0 Å². The molecule has 0 amide bonds. The van der Waals surface area contributed by atoms with Crippen molar-refractivity contribution in [3.8, 4) is 23.3 Å². The summed E-state index contributed by atoms with van der Waals surface area (Å²) >= 11 is 0. The molecule has 0 spiro atoms. The fourth-order valence-corrected chi connectivity index (χ4v) is 1.80. The van der Waals surface area contributed by atoms with Crippen LogP contribution in [0.4, 0.5) is 5.69 Å². The molecule has 6 heteroatoms. The van der Waals surface area contributed by atoms with Crippen molar-refractivity contribution < 1.29 is 19.9 Å². The van der Waals surface area contributed by atoms with Crippen LogP contribution in [0.2, 0.25) is 0 Å². The molecule has 2 aromatic carbocycles. The molecular weight excluding hydrogens is 286 g/mol. The van der Waals surface area contributed by atoms with Gasteiger partial charge in [-0.2, -0.15) is 0 Å². The van der Waals surface area contributed by atoms with Gasteiger partial charge in [0.25, 0.3) is 5.69 Å². The average Bonchev–Trinajstić information content (AvgIpc) is 2.52. The van der Waals surface area contributed by atoms with Crippen LogP contribution in [0.5, 0.6) is 11.5 Å². The number of nitro benzene ring substituents is 1. The fraction of sp³-hybridized carbons (Fsp3) is 0.125. The summed E-state index contributed by atoms with van der Waals surface area (Å²) in [5, 5.41) is 28.9. The average molecular weight is 299 g/mol. The van der Waals surface area contributed by atoms with Gasteiger partial charge in [-0.1, -0.05) is 11.8 Å². The maximum absolute atomic E-state index is 11.0. The Morgan fingerprint density at radius 1 is 1.18 bits per heavy atom. The number of aliphatic hydroxyl groups is 1. The SMILES string of the molecule is O=[N+]([O-])c1ccc(C#CCO)cc1COc1ccc(O)cc1. The van der Waals surface area contributed by atoms with Crippen LogP contribution in [0.25, 0.3) is 0 Å². The normalized spacial score (nSPS) is 9.68. The molecule has 0 aromatic heterocycles. The lowest BCUT2D eigenvalue weighted by Crippen LogP contribution is -2.01. The van der Waals surface area contributed by atoms with Gasteiger partial charge in [0, 0.05) is 11.6 Å². The number of aromatic hydroxyl groups is 1. The zero-order chi connectivity index (χ0) is 15.9. The van der Waals surface area contributed by atoms with Gasteiger partial charge in [0.15, 0.2) is 0 Å². The monoisotopic (exact) mass is 299 g/mol. The van der Waals surface area contributed by atoms with Crippen LogP contribution in [0, 0.1) is 22.0 Å². The molecule has 0 saturated heterocycles. The first-order valence-electron chi connectivity index (χ1n) is 6.39. The number of hydrogen-bond acceptors (Lipinski definition) is 5. The Labute approximate surface area is 126 Å². The van der Waals surface area contributed by atoms with Crippen LogP contribution in [0.1, 0.15) is 11.1 Å². The third-order valence-corrected chi connectivity index (χ3v) is 2.82. The molecule has 112 valence electrons. The zero-order valence-corrected chi connectivity index (χ0v) is 11.5. The summed E-state index contributed by atoms with van der Waals surface area (Å²) in [6.45, 7) is -0.286. The van der Waals surface area contributed by atoms with Crippen LogP contribution < -0.4 is 4.74 Å². The largest absolute Gasteiger partial charge is 0.508 e. The van der Waals surface area contributed by atoms with E-state index in [0.29, 0.717) is 16.9 Å². The number of ether oxygens (including phenoxy) is 1. The van der Waals surface area contributed by atoms with Gasteiger partial charge < -0.3 is 14.9 Å². The van der Waals surface area contributed by atoms with E-state index in [1.54, 1.807) is 18.2 Å². The molecule has 2 aromatic rings. The van der Waals surface area contributed by atoms with Gasteiger partial charge in [-0.05, 0) is 36.4 Å². The first-order chi connectivity index (χ1) is 10.6. The molecule has 0 bridgehead atoms. The lowest BCUT2D eigenvalue weighted by molar-refractivity contribution is -0.385. The Kier molecular flexibility index (Phi) is 4.96. The van der Waals surface area contributed by atoms with Crippen molar-refractivity contribution in [1.29, 1.82) is 0 Å². The summed E-state index contributed by atoms with van der Waals surface area (Å²) < 4.78 is 5.48. The van der Waals surface area contributed by atoms with E-state index in [1.807, 2.05) is 0 Å². The van der Waals surface area contributed by atoms with Crippen molar-refractivity contribution in [2.45, 2.75) is 6.61 Å². The van der Waals surface area contributed by atoms with E-state index in [0.717, 1.165) is 0 Å². The van der Waals surface area contributed by atoms with E-state index in [2.05, 4.69) is 11.8 Å². The Hall–Kier alpha value is -3.04. The number of benzene rings is 2. The number of aliphatic hydroxyl groups excluding tert-OH is 1. The minimum atomic E-state index is -0.487. The second-order valence-electron chi connectivity index (χ2n) is 4.34. The predicted octanol–water partition coefficient (Wildman–Crippen LogP) is 2.22. The Bertz CT molecular complexity index is 728. The minimum absolute atomic E-state index is 0.00423. The highest BCUT2D eigenvalue weighted by atomic mass is 16.6. The smallest absolute Gasteiger partial charge is 0.276 e. The molecule has 2 N–H and O–H groups in total. The van der Waals surface area contributed by atoms with Gasteiger partial charge in [0.05, 0.1) is 10.5 Å². The van der Waals surface area contributed by atoms with E-state index in [-0.39, 0.29) is 24.7 Å². The van der Waals surface area contributed by atoms with Crippen LogP contribution in [0.15, 0.2) is 42.5 Å². The second-order valence-corrected chi connectivity index (χ2v) is 4.34. The number of phenolic OH excluding ortho intramolecular Hbond substituents is 1. The van der Waals surface area contributed by atoms with Crippen molar-refractivity contribution in [3.63, 3.8) is 0 Å². The number of hydrogen-bond donors (Lipinski definition) is 2. The minimum Gasteiger partial charge on any atom is -0.508 e. The zero-order valence-electron chi connectivity index (χ0n) is 11.5. The molecule has 0 aliphatic rings. The highest BCUT2D eigenvalue weighted by Crippen LogP contribution is 2.23. The number of phenols is 1. The van der Waals surface area contributed by atoms with E-state index < -0.39 is 4.92 Å². The molecule has 22 heavy (non-hydrogen) atoms. The van der Waals surface area contributed by atoms with Crippen molar-refractivity contribution in [2.75, 3.05) is 6.61 Å². The van der Waals surface area contributed by atoms with Crippen LogP contribution in [-0.4, -0.2) is 21.7 Å². The Morgan fingerprint density at radius 2 is 1.91 bits per heavy atom. The first-order valence-corrected chi connectivity index (χ1v) is 6.39. The highest BCUT2D eigenvalue weighted by Gasteiger charge is 2.14. The summed E-state index contributed by atoms with van der Waals surface area (Å²) in [6, 6.07) is 10.5. The van der Waals surface area contributed by atoms with Gasteiger partial charge in [0.1, 0.15) is 24.7 Å². The van der Waals surface area contributed by atoms with Gasteiger partial charge in [-0.25, -0.2) is 0 Å². The highest BCUT2D eigenvalue weighted by molar-refractivity contribution is 5.48. The second kappa shape index (κ2) is 7.11. The topological polar surface area (TPSA) is 92.8 Å². The summed E-state index contributed by atoms with van der Waals surface area (Å²) in [4.78, 5) is 10.6. The third-order valence-electron chi connectivity index (χ3n) is 2.82. The van der Waals surface area contributed by atoms with Crippen LogP contribution in [-0.2, 0) is 6.61 Å². The van der Waals surface area contributed by atoms with Crippen molar-refractivity contribution >= 4 is 5.69 Å². The molecule has 0 atom stereocenters. The van der Waals surface area contributed by atoms with E-state index >= 15 is 0 Å².